The molecule has 1 fully saturated rings. The number of urea groups is 1. The maximum absolute atomic E-state index is 13.5. The smallest absolute Gasteiger partial charge is 0.319 e. The summed E-state index contributed by atoms with van der Waals surface area (Å²) in [5, 5.41) is 15.3. The number of carbonyl (C=O) groups is 2. The number of hydrogen-bond acceptors (Lipinski definition) is 3. The zero-order chi connectivity index (χ0) is 23.9. The third-order valence-corrected chi connectivity index (χ3v) is 6.16. The zero-order valence-electron chi connectivity index (χ0n) is 19.3. The average molecular weight is 453 g/mol. The van der Waals surface area contributed by atoms with Crippen LogP contribution in [0.25, 0.3) is 11.1 Å². The van der Waals surface area contributed by atoms with Gasteiger partial charge in [-0.05, 0) is 55.5 Å². The van der Waals surface area contributed by atoms with Gasteiger partial charge in [-0.3, -0.25) is 4.79 Å². The fourth-order valence-corrected chi connectivity index (χ4v) is 4.36. The van der Waals surface area contributed by atoms with Crippen molar-refractivity contribution in [1.82, 2.24) is 10.2 Å². The second kappa shape index (κ2) is 10.7. The van der Waals surface area contributed by atoms with Gasteiger partial charge in [0.2, 0.25) is 0 Å². The van der Waals surface area contributed by atoms with Gasteiger partial charge in [0.25, 0.3) is 5.91 Å². The van der Waals surface area contributed by atoms with Crippen molar-refractivity contribution in [3.63, 3.8) is 0 Å². The van der Waals surface area contributed by atoms with Crippen molar-refractivity contribution in [3.8, 4) is 17.2 Å². The second-order valence-electron chi connectivity index (χ2n) is 8.66. The van der Waals surface area contributed by atoms with Gasteiger partial charge < -0.3 is 15.5 Å². The lowest BCUT2D eigenvalue weighted by Gasteiger charge is -2.33. The minimum Gasteiger partial charge on any atom is -0.338 e. The van der Waals surface area contributed by atoms with Crippen LogP contribution in [0.2, 0.25) is 0 Å². The Bertz CT molecular complexity index is 1210. The van der Waals surface area contributed by atoms with E-state index in [1.54, 1.807) is 6.07 Å². The minimum absolute atomic E-state index is 0.0443. The molecule has 3 aromatic carbocycles. The first-order valence-electron chi connectivity index (χ1n) is 11.5. The highest BCUT2D eigenvalue weighted by Gasteiger charge is 2.26. The molecule has 3 aromatic rings. The van der Waals surface area contributed by atoms with Crippen LogP contribution in [0.15, 0.2) is 72.8 Å². The molecule has 2 N–H and O–H groups in total. The zero-order valence-corrected chi connectivity index (χ0v) is 19.3. The molecule has 1 aliphatic rings. The summed E-state index contributed by atoms with van der Waals surface area (Å²) in [7, 11) is 0. The number of nitrogens with one attached hydrogen (secondary N) is 2. The fraction of sp³-hybridized carbons (Fsp3) is 0.250. The Morgan fingerprint density at radius 3 is 2.47 bits per heavy atom. The normalized spacial score (nSPS) is 15.3. The number of anilines is 1. The topological polar surface area (TPSA) is 85.2 Å². The van der Waals surface area contributed by atoms with Gasteiger partial charge in [0.05, 0.1) is 11.6 Å². The molecule has 6 nitrogen and oxygen atoms in total. The summed E-state index contributed by atoms with van der Waals surface area (Å²) in [6.45, 7) is 3.76. The Morgan fingerprint density at radius 2 is 1.71 bits per heavy atom. The molecule has 1 saturated heterocycles. The minimum atomic E-state index is -0.245. The summed E-state index contributed by atoms with van der Waals surface area (Å²) in [4.78, 5) is 27.7. The predicted molar refractivity (Wildman–Crippen MR) is 133 cm³/mol. The number of carbonyl (C=O) groups excluding carboxylic acids is 2. The van der Waals surface area contributed by atoms with Crippen molar-refractivity contribution < 1.29 is 9.59 Å². The van der Waals surface area contributed by atoms with Crippen molar-refractivity contribution in [2.75, 3.05) is 25.0 Å². The summed E-state index contributed by atoms with van der Waals surface area (Å²) in [6.07, 6.45) is 1.84. The molecule has 1 aliphatic heterocycles. The highest BCUT2D eigenvalue weighted by Crippen LogP contribution is 2.29. The average Bonchev–Trinajstić information content (AvgIpc) is 2.88. The molecule has 0 aromatic heterocycles. The standard InChI is InChI=1S/C28H28N4O2/c1-20-12-14-23(15-13-20)31-28(34)30-18-21-7-6-16-32(19-21)27(33)26-11-5-4-10-25(26)24-9-3-2-8-22(24)17-29/h2-5,8-15,21H,6-7,16,18-19H2,1H3,(H2,30,31,34). The van der Waals surface area contributed by atoms with E-state index >= 15 is 0 Å². The number of likely N-dealkylation sites (tertiary alicyclic amines) is 1. The van der Waals surface area contributed by atoms with Gasteiger partial charge in [-0.2, -0.15) is 5.26 Å². The van der Waals surface area contributed by atoms with Gasteiger partial charge >= 0.3 is 6.03 Å². The van der Waals surface area contributed by atoms with Crippen molar-refractivity contribution in [3.05, 3.63) is 89.5 Å². The molecule has 0 aliphatic carbocycles. The number of benzene rings is 3. The van der Waals surface area contributed by atoms with Crippen LogP contribution in [0.3, 0.4) is 0 Å². The van der Waals surface area contributed by atoms with Crippen molar-refractivity contribution >= 4 is 17.6 Å². The molecule has 1 unspecified atom stereocenters. The Kier molecular flexibility index (Phi) is 7.24. The molecular formula is C28H28N4O2. The Balaban J connectivity index is 1.41. The maximum atomic E-state index is 13.5. The van der Waals surface area contributed by atoms with E-state index in [0.29, 0.717) is 30.8 Å². The molecule has 6 heteroatoms. The van der Waals surface area contributed by atoms with E-state index in [-0.39, 0.29) is 17.9 Å². The highest BCUT2D eigenvalue weighted by atomic mass is 16.2. The molecule has 172 valence electrons. The van der Waals surface area contributed by atoms with E-state index in [2.05, 4.69) is 16.7 Å². The Hall–Kier alpha value is -4.11. The molecule has 0 saturated carbocycles. The van der Waals surface area contributed by atoms with Crippen LogP contribution >= 0.6 is 0 Å². The van der Waals surface area contributed by atoms with Crippen LogP contribution < -0.4 is 10.6 Å². The van der Waals surface area contributed by atoms with Crippen LogP contribution in [0, 0.1) is 24.2 Å². The number of piperidine rings is 1. The quantitative estimate of drug-likeness (QED) is 0.557. The maximum Gasteiger partial charge on any atom is 0.319 e. The number of nitriles is 1. The van der Waals surface area contributed by atoms with E-state index < -0.39 is 0 Å². The second-order valence-corrected chi connectivity index (χ2v) is 8.66. The van der Waals surface area contributed by atoms with Gasteiger partial charge in [-0.25, -0.2) is 4.79 Å². The largest absolute Gasteiger partial charge is 0.338 e. The van der Waals surface area contributed by atoms with E-state index in [4.69, 9.17) is 0 Å². The van der Waals surface area contributed by atoms with Gasteiger partial charge in [0, 0.05) is 36.4 Å². The van der Waals surface area contributed by atoms with E-state index in [1.807, 2.05) is 78.6 Å². The number of nitrogens with zero attached hydrogens (tertiary/aromatic N) is 2. The molecule has 0 bridgehead atoms. The van der Waals surface area contributed by atoms with E-state index in [0.717, 1.165) is 35.2 Å². The lowest BCUT2D eigenvalue weighted by Crippen LogP contribution is -2.44. The SMILES string of the molecule is Cc1ccc(NC(=O)NCC2CCCN(C(=O)c3ccccc3-c3ccccc3C#N)C2)cc1. The lowest BCUT2D eigenvalue weighted by atomic mass is 9.93. The molecule has 34 heavy (non-hydrogen) atoms. The van der Waals surface area contributed by atoms with Crippen LogP contribution in [0.5, 0.6) is 0 Å². The molecule has 1 heterocycles. The monoisotopic (exact) mass is 452 g/mol. The number of hydrogen-bond donors (Lipinski definition) is 2. The van der Waals surface area contributed by atoms with Crippen LogP contribution in [-0.4, -0.2) is 36.5 Å². The van der Waals surface area contributed by atoms with Crippen LogP contribution in [0.1, 0.15) is 34.3 Å². The molecule has 0 spiro atoms. The van der Waals surface area contributed by atoms with Gasteiger partial charge in [0.15, 0.2) is 0 Å². The Morgan fingerprint density at radius 1 is 1.00 bits per heavy atom. The van der Waals surface area contributed by atoms with Crippen molar-refractivity contribution in [2.45, 2.75) is 19.8 Å². The molecule has 0 radical (unpaired) electrons. The molecular weight excluding hydrogens is 424 g/mol. The van der Waals surface area contributed by atoms with Gasteiger partial charge in [-0.15, -0.1) is 0 Å². The first-order chi connectivity index (χ1) is 16.5. The molecule has 3 amide bonds. The summed E-state index contributed by atoms with van der Waals surface area (Å²) in [5.74, 6) is 0.136. The summed E-state index contributed by atoms with van der Waals surface area (Å²) in [5.41, 5.74) is 4.55. The van der Waals surface area contributed by atoms with Gasteiger partial charge in [0.1, 0.15) is 0 Å². The lowest BCUT2D eigenvalue weighted by molar-refractivity contribution is 0.0676. The summed E-state index contributed by atoms with van der Waals surface area (Å²) >= 11 is 0. The van der Waals surface area contributed by atoms with Crippen LogP contribution in [-0.2, 0) is 0 Å². The third-order valence-electron chi connectivity index (χ3n) is 6.16. The summed E-state index contributed by atoms with van der Waals surface area (Å²) < 4.78 is 0. The van der Waals surface area contributed by atoms with E-state index in [9.17, 15) is 14.9 Å². The molecule has 4 rings (SSSR count). The van der Waals surface area contributed by atoms with Crippen molar-refractivity contribution in [1.29, 1.82) is 5.26 Å². The number of aryl methyl sites for hydroxylation is 1. The van der Waals surface area contributed by atoms with E-state index in [1.165, 1.54) is 0 Å². The van der Waals surface area contributed by atoms with Gasteiger partial charge in [-0.1, -0.05) is 54.1 Å². The highest BCUT2D eigenvalue weighted by molar-refractivity contribution is 6.01. The first-order valence-corrected chi connectivity index (χ1v) is 11.5. The first kappa shape index (κ1) is 23.1. The summed E-state index contributed by atoms with van der Waals surface area (Å²) in [6, 6.07) is 24.4. The number of rotatable bonds is 5. The molecule has 1 atom stereocenters. The Labute approximate surface area is 200 Å². The van der Waals surface area contributed by atoms with Crippen molar-refractivity contribution in [2.24, 2.45) is 5.92 Å². The van der Waals surface area contributed by atoms with Crippen LogP contribution in [0.4, 0.5) is 10.5 Å². The third kappa shape index (κ3) is 5.44. The predicted octanol–water partition coefficient (Wildman–Crippen LogP) is 5.21. The number of amides is 3. The fourth-order valence-electron chi connectivity index (χ4n) is 4.36.